The molecule has 0 aliphatic heterocycles. The molecule has 15 heavy (non-hydrogen) atoms. The van der Waals surface area contributed by atoms with Crippen LogP contribution in [0.2, 0.25) is 0 Å². The number of carbonyl (C=O) groups excluding carboxylic acids is 1. The summed E-state index contributed by atoms with van der Waals surface area (Å²) < 4.78 is 5.03. The molecule has 0 atom stereocenters. The average molecular weight is 217 g/mol. The Hall–Kier alpha value is -1.10. The minimum atomic E-state index is -0.799. The molecule has 5 heteroatoms. The summed E-state index contributed by atoms with van der Waals surface area (Å²) in [6, 6.07) is 0. The zero-order chi connectivity index (χ0) is 11.5. The first-order valence-electron chi connectivity index (χ1n) is 5.23. The van der Waals surface area contributed by atoms with E-state index < -0.39 is 5.97 Å². The predicted octanol–water partition coefficient (Wildman–Crippen LogP) is 0.784. The molecule has 1 amide bonds. The van der Waals surface area contributed by atoms with Gasteiger partial charge in [0, 0.05) is 19.6 Å². The van der Waals surface area contributed by atoms with Gasteiger partial charge in [0.2, 0.25) is 5.91 Å². The molecule has 0 saturated heterocycles. The number of unbranched alkanes of at least 4 members (excludes halogenated alkanes) is 1. The number of hydrogen-bond acceptors (Lipinski definition) is 3. The monoisotopic (exact) mass is 217 g/mol. The molecule has 0 spiro atoms. The molecule has 0 fully saturated rings. The van der Waals surface area contributed by atoms with Crippen molar-refractivity contribution in [2.45, 2.75) is 32.6 Å². The zero-order valence-electron chi connectivity index (χ0n) is 9.12. The van der Waals surface area contributed by atoms with Gasteiger partial charge >= 0.3 is 5.97 Å². The van der Waals surface area contributed by atoms with E-state index >= 15 is 0 Å². The lowest BCUT2D eigenvalue weighted by Gasteiger charge is -2.04. The van der Waals surface area contributed by atoms with Gasteiger partial charge in [0.1, 0.15) is 6.61 Å². The maximum Gasteiger partial charge on any atom is 0.303 e. The van der Waals surface area contributed by atoms with Crippen molar-refractivity contribution in [1.82, 2.24) is 5.32 Å². The number of amides is 1. The van der Waals surface area contributed by atoms with Gasteiger partial charge in [-0.25, -0.2) is 0 Å². The van der Waals surface area contributed by atoms with E-state index in [1.165, 1.54) is 0 Å². The van der Waals surface area contributed by atoms with Crippen LogP contribution in [0.25, 0.3) is 0 Å². The Labute approximate surface area is 89.8 Å². The van der Waals surface area contributed by atoms with Gasteiger partial charge in [-0.1, -0.05) is 6.92 Å². The highest BCUT2D eigenvalue weighted by molar-refractivity contribution is 5.77. The second kappa shape index (κ2) is 9.45. The average Bonchev–Trinajstić information content (AvgIpc) is 2.17. The van der Waals surface area contributed by atoms with Crippen LogP contribution in [0.1, 0.15) is 32.6 Å². The standard InChI is InChI=1S/C10H19NO4/c1-2-7-15-8-9(12)11-6-4-3-5-10(13)14/h2-8H2,1H3,(H,11,12)(H,13,14). The quantitative estimate of drug-likeness (QED) is 0.560. The molecule has 2 N–H and O–H groups in total. The molecular weight excluding hydrogens is 198 g/mol. The summed E-state index contributed by atoms with van der Waals surface area (Å²) in [6.07, 6.45) is 2.32. The van der Waals surface area contributed by atoms with E-state index in [1.54, 1.807) is 0 Å². The number of hydrogen-bond donors (Lipinski definition) is 2. The Kier molecular flexibility index (Phi) is 8.76. The Morgan fingerprint density at radius 3 is 2.67 bits per heavy atom. The summed E-state index contributed by atoms with van der Waals surface area (Å²) in [5, 5.41) is 11.0. The van der Waals surface area contributed by atoms with Crippen molar-refractivity contribution in [2.75, 3.05) is 19.8 Å². The molecule has 0 aliphatic carbocycles. The van der Waals surface area contributed by atoms with E-state index in [0.29, 0.717) is 26.0 Å². The van der Waals surface area contributed by atoms with Crippen molar-refractivity contribution < 1.29 is 19.4 Å². The lowest BCUT2D eigenvalue weighted by atomic mass is 10.2. The number of ether oxygens (including phenoxy) is 1. The third kappa shape index (κ3) is 10.8. The van der Waals surface area contributed by atoms with Crippen LogP contribution in [-0.2, 0) is 14.3 Å². The van der Waals surface area contributed by atoms with Crippen molar-refractivity contribution in [1.29, 1.82) is 0 Å². The topological polar surface area (TPSA) is 75.6 Å². The number of carboxylic acid groups (broad SMARTS) is 1. The van der Waals surface area contributed by atoms with Crippen LogP contribution < -0.4 is 5.32 Å². The molecule has 0 aromatic carbocycles. The van der Waals surface area contributed by atoms with Gasteiger partial charge in [0.05, 0.1) is 0 Å². The van der Waals surface area contributed by atoms with Gasteiger partial charge in [-0.05, 0) is 19.3 Å². The van der Waals surface area contributed by atoms with E-state index in [2.05, 4.69) is 5.32 Å². The SMILES string of the molecule is CCCOCC(=O)NCCCCC(=O)O. The second-order valence-electron chi connectivity index (χ2n) is 3.25. The van der Waals surface area contributed by atoms with Gasteiger partial charge < -0.3 is 15.2 Å². The fourth-order valence-corrected chi connectivity index (χ4v) is 0.989. The lowest BCUT2D eigenvalue weighted by Crippen LogP contribution is -2.28. The highest BCUT2D eigenvalue weighted by Crippen LogP contribution is 1.93. The summed E-state index contributed by atoms with van der Waals surface area (Å²) in [6.45, 7) is 3.17. The highest BCUT2D eigenvalue weighted by Gasteiger charge is 2.00. The molecule has 0 aromatic heterocycles. The molecule has 0 radical (unpaired) electrons. The first-order chi connectivity index (χ1) is 7.16. The molecule has 0 aliphatic rings. The van der Waals surface area contributed by atoms with Crippen molar-refractivity contribution in [2.24, 2.45) is 0 Å². The lowest BCUT2D eigenvalue weighted by molar-refractivity contribution is -0.137. The molecule has 0 saturated carbocycles. The van der Waals surface area contributed by atoms with E-state index in [0.717, 1.165) is 6.42 Å². The molecule has 88 valence electrons. The van der Waals surface area contributed by atoms with E-state index in [1.807, 2.05) is 6.92 Å². The first-order valence-corrected chi connectivity index (χ1v) is 5.23. The molecule has 0 aromatic rings. The van der Waals surface area contributed by atoms with Crippen molar-refractivity contribution >= 4 is 11.9 Å². The van der Waals surface area contributed by atoms with Crippen molar-refractivity contribution in [3.8, 4) is 0 Å². The molecule has 0 unspecified atom stereocenters. The minimum absolute atomic E-state index is 0.0901. The molecule has 0 heterocycles. The zero-order valence-corrected chi connectivity index (χ0v) is 9.12. The molecule has 0 bridgehead atoms. The number of carbonyl (C=O) groups is 2. The van der Waals surface area contributed by atoms with Crippen molar-refractivity contribution in [3.05, 3.63) is 0 Å². The van der Waals surface area contributed by atoms with Crippen LogP contribution in [0.15, 0.2) is 0 Å². The molecular formula is C10H19NO4. The Balaban J connectivity index is 3.20. The summed E-state index contributed by atoms with van der Waals surface area (Å²) in [4.78, 5) is 21.2. The predicted molar refractivity (Wildman–Crippen MR) is 55.6 cm³/mol. The Bertz CT molecular complexity index is 194. The van der Waals surface area contributed by atoms with E-state index in [4.69, 9.17) is 9.84 Å². The first kappa shape index (κ1) is 13.9. The summed E-state index contributed by atoms with van der Waals surface area (Å²) >= 11 is 0. The van der Waals surface area contributed by atoms with Gasteiger partial charge in [-0.3, -0.25) is 9.59 Å². The molecule has 0 rings (SSSR count). The van der Waals surface area contributed by atoms with Crippen LogP contribution >= 0.6 is 0 Å². The van der Waals surface area contributed by atoms with Crippen LogP contribution in [0, 0.1) is 0 Å². The fraction of sp³-hybridized carbons (Fsp3) is 0.800. The smallest absolute Gasteiger partial charge is 0.303 e. The van der Waals surface area contributed by atoms with E-state index in [9.17, 15) is 9.59 Å². The van der Waals surface area contributed by atoms with Crippen LogP contribution in [0.5, 0.6) is 0 Å². The van der Waals surface area contributed by atoms with Crippen LogP contribution in [-0.4, -0.2) is 36.7 Å². The third-order valence-corrected chi connectivity index (χ3v) is 1.72. The maximum absolute atomic E-state index is 11.1. The van der Waals surface area contributed by atoms with Gasteiger partial charge in [0.15, 0.2) is 0 Å². The largest absolute Gasteiger partial charge is 0.481 e. The van der Waals surface area contributed by atoms with Gasteiger partial charge in [-0.2, -0.15) is 0 Å². The van der Waals surface area contributed by atoms with Crippen LogP contribution in [0.3, 0.4) is 0 Å². The Morgan fingerprint density at radius 1 is 1.33 bits per heavy atom. The van der Waals surface area contributed by atoms with Gasteiger partial charge in [0.25, 0.3) is 0 Å². The highest BCUT2D eigenvalue weighted by atomic mass is 16.5. The number of carboxylic acids is 1. The second-order valence-corrected chi connectivity index (χ2v) is 3.25. The normalized spacial score (nSPS) is 9.93. The van der Waals surface area contributed by atoms with Crippen LogP contribution in [0.4, 0.5) is 0 Å². The number of rotatable bonds is 9. The number of nitrogens with one attached hydrogen (secondary N) is 1. The maximum atomic E-state index is 11.1. The number of aliphatic carboxylic acids is 1. The van der Waals surface area contributed by atoms with Gasteiger partial charge in [-0.15, -0.1) is 0 Å². The summed E-state index contributed by atoms with van der Waals surface area (Å²) in [7, 11) is 0. The van der Waals surface area contributed by atoms with E-state index in [-0.39, 0.29) is 18.9 Å². The summed E-state index contributed by atoms with van der Waals surface area (Å²) in [5.74, 6) is -0.939. The fourth-order valence-electron chi connectivity index (χ4n) is 0.989. The molecule has 5 nitrogen and oxygen atoms in total. The summed E-state index contributed by atoms with van der Waals surface area (Å²) in [5.41, 5.74) is 0. The Morgan fingerprint density at radius 2 is 2.07 bits per heavy atom. The minimum Gasteiger partial charge on any atom is -0.481 e. The third-order valence-electron chi connectivity index (χ3n) is 1.72. The van der Waals surface area contributed by atoms with Crippen molar-refractivity contribution in [3.63, 3.8) is 0 Å².